The van der Waals surface area contributed by atoms with Crippen LogP contribution in [-0.2, 0) is 0 Å². The fourth-order valence-electron chi connectivity index (χ4n) is 8.32. The van der Waals surface area contributed by atoms with E-state index in [2.05, 4.69) is 213 Å². The standard InChI is InChI=1S/C52H40N2Si/c1-55(2,3)44-28-25-42(26-29-44)54(50-31-24-37-14-8-11-19-49(37)53-50)43-27-30-47-48(34-43)52(41-23-21-36-13-5-7-16-39(36)33-41)46-18-10-9-17-45(46)51(47)40-22-20-35-12-4-6-15-38(35)32-40/h4-34H,1-3H3. The van der Waals surface area contributed by atoms with Gasteiger partial charge in [0.1, 0.15) is 5.82 Å². The smallest absolute Gasteiger partial charge is 0.138 e. The van der Waals surface area contributed by atoms with Crippen LogP contribution in [0.4, 0.5) is 17.2 Å². The Morgan fingerprint density at radius 2 is 0.873 bits per heavy atom. The fourth-order valence-corrected chi connectivity index (χ4v) is 9.49. The van der Waals surface area contributed by atoms with Gasteiger partial charge in [-0.2, -0.15) is 0 Å². The molecular formula is C52H40N2Si. The van der Waals surface area contributed by atoms with Crippen molar-refractivity contribution in [2.75, 3.05) is 4.90 Å². The van der Waals surface area contributed by atoms with Gasteiger partial charge in [0.25, 0.3) is 0 Å². The van der Waals surface area contributed by atoms with Crippen molar-refractivity contribution in [2.24, 2.45) is 0 Å². The van der Waals surface area contributed by atoms with E-state index in [9.17, 15) is 0 Å². The second-order valence-corrected chi connectivity index (χ2v) is 20.7. The van der Waals surface area contributed by atoms with Gasteiger partial charge in [-0.3, -0.25) is 4.90 Å². The normalized spacial score (nSPS) is 11.9. The van der Waals surface area contributed by atoms with Gasteiger partial charge in [-0.05, 0) is 120 Å². The van der Waals surface area contributed by atoms with Gasteiger partial charge < -0.3 is 0 Å². The summed E-state index contributed by atoms with van der Waals surface area (Å²) in [4.78, 5) is 7.60. The third-order valence-electron chi connectivity index (χ3n) is 11.1. The van der Waals surface area contributed by atoms with Gasteiger partial charge in [0, 0.05) is 16.8 Å². The molecule has 0 bridgehead atoms. The van der Waals surface area contributed by atoms with E-state index < -0.39 is 8.07 Å². The number of hydrogen-bond donors (Lipinski definition) is 0. The van der Waals surface area contributed by atoms with Crippen molar-refractivity contribution in [1.29, 1.82) is 0 Å². The van der Waals surface area contributed by atoms with E-state index in [4.69, 9.17) is 4.98 Å². The lowest BCUT2D eigenvalue weighted by Crippen LogP contribution is -2.37. The van der Waals surface area contributed by atoms with Crippen molar-refractivity contribution in [3.05, 3.63) is 188 Å². The van der Waals surface area contributed by atoms with E-state index in [0.717, 1.165) is 28.1 Å². The fraction of sp³-hybridized carbons (Fsp3) is 0.0577. The summed E-state index contributed by atoms with van der Waals surface area (Å²) in [5.74, 6) is 0.890. The van der Waals surface area contributed by atoms with Crippen LogP contribution in [0.15, 0.2) is 188 Å². The summed E-state index contributed by atoms with van der Waals surface area (Å²) < 4.78 is 0. The molecule has 55 heavy (non-hydrogen) atoms. The first-order valence-corrected chi connectivity index (χ1v) is 22.6. The zero-order valence-electron chi connectivity index (χ0n) is 31.3. The van der Waals surface area contributed by atoms with E-state index >= 15 is 0 Å². The zero-order chi connectivity index (χ0) is 37.1. The SMILES string of the molecule is C[Si](C)(C)c1ccc(N(c2ccc3c(-c4ccc5ccccc5c4)c4ccccc4c(-c4ccc5ccccc5c4)c3c2)c2ccc3ccccc3n2)cc1. The summed E-state index contributed by atoms with van der Waals surface area (Å²) in [6, 6.07) is 69.0. The van der Waals surface area contributed by atoms with Crippen molar-refractivity contribution in [3.63, 3.8) is 0 Å². The Hall–Kier alpha value is -6.55. The number of hydrogen-bond acceptors (Lipinski definition) is 2. The Balaban J connectivity index is 1.29. The molecule has 262 valence electrons. The molecule has 0 saturated heterocycles. The molecule has 10 aromatic rings. The molecule has 0 aliphatic heterocycles. The van der Waals surface area contributed by atoms with Gasteiger partial charge >= 0.3 is 0 Å². The van der Waals surface area contributed by atoms with Crippen molar-refractivity contribution in [3.8, 4) is 22.3 Å². The summed E-state index contributed by atoms with van der Waals surface area (Å²) in [5, 5.41) is 12.4. The highest BCUT2D eigenvalue weighted by Crippen LogP contribution is 2.47. The molecule has 1 aromatic heterocycles. The maximum absolute atomic E-state index is 5.27. The van der Waals surface area contributed by atoms with E-state index in [1.54, 1.807) is 0 Å². The van der Waals surface area contributed by atoms with Crippen LogP contribution >= 0.6 is 0 Å². The molecule has 0 N–H and O–H groups in total. The van der Waals surface area contributed by atoms with Gasteiger partial charge in [-0.1, -0.05) is 158 Å². The average molecular weight is 721 g/mol. The maximum Gasteiger partial charge on any atom is 0.138 e. The molecule has 9 aromatic carbocycles. The monoisotopic (exact) mass is 720 g/mol. The van der Waals surface area contributed by atoms with E-state index in [0.29, 0.717) is 0 Å². The third-order valence-corrected chi connectivity index (χ3v) is 13.2. The van der Waals surface area contributed by atoms with E-state index in [1.165, 1.54) is 70.5 Å². The Kier molecular flexibility index (Phi) is 7.86. The molecule has 0 fully saturated rings. The van der Waals surface area contributed by atoms with Crippen LogP contribution in [-0.4, -0.2) is 13.1 Å². The predicted molar refractivity (Wildman–Crippen MR) is 240 cm³/mol. The van der Waals surface area contributed by atoms with Crippen molar-refractivity contribution in [1.82, 2.24) is 4.98 Å². The largest absolute Gasteiger partial charge is 0.295 e. The molecule has 0 saturated carbocycles. The second-order valence-electron chi connectivity index (χ2n) is 15.6. The molecule has 0 aliphatic carbocycles. The first kappa shape index (κ1) is 33.0. The van der Waals surface area contributed by atoms with Gasteiger partial charge in [-0.25, -0.2) is 4.98 Å². The molecule has 0 spiro atoms. The summed E-state index contributed by atoms with van der Waals surface area (Å²) >= 11 is 0. The van der Waals surface area contributed by atoms with Crippen LogP contribution in [0.5, 0.6) is 0 Å². The van der Waals surface area contributed by atoms with Crippen LogP contribution in [0.1, 0.15) is 0 Å². The minimum Gasteiger partial charge on any atom is -0.295 e. The molecule has 3 heteroatoms. The number of rotatable bonds is 6. The topological polar surface area (TPSA) is 16.1 Å². The average Bonchev–Trinajstić information content (AvgIpc) is 3.22. The van der Waals surface area contributed by atoms with Crippen LogP contribution < -0.4 is 10.1 Å². The number of anilines is 3. The number of aromatic nitrogens is 1. The van der Waals surface area contributed by atoms with Gasteiger partial charge in [0.15, 0.2) is 0 Å². The summed E-state index contributed by atoms with van der Waals surface area (Å²) in [5.41, 5.74) is 8.05. The summed E-state index contributed by atoms with van der Waals surface area (Å²) in [6.45, 7) is 7.21. The number of pyridine rings is 1. The Bertz CT molecular complexity index is 3080. The van der Waals surface area contributed by atoms with E-state index in [-0.39, 0.29) is 0 Å². The van der Waals surface area contributed by atoms with Crippen LogP contribution in [0.25, 0.3) is 76.2 Å². The minimum atomic E-state index is -1.50. The highest BCUT2D eigenvalue weighted by atomic mass is 28.3. The lowest BCUT2D eigenvalue weighted by Gasteiger charge is -2.27. The summed E-state index contributed by atoms with van der Waals surface area (Å²) in [7, 11) is -1.50. The molecule has 0 aliphatic rings. The number of benzene rings is 9. The molecule has 10 rings (SSSR count). The number of para-hydroxylation sites is 1. The zero-order valence-corrected chi connectivity index (χ0v) is 32.3. The quantitative estimate of drug-likeness (QED) is 0.126. The van der Waals surface area contributed by atoms with Gasteiger partial charge in [0.2, 0.25) is 0 Å². The molecule has 0 radical (unpaired) electrons. The molecule has 1 heterocycles. The van der Waals surface area contributed by atoms with E-state index in [1.807, 2.05) is 0 Å². The highest BCUT2D eigenvalue weighted by Gasteiger charge is 2.22. The summed E-state index contributed by atoms with van der Waals surface area (Å²) in [6.07, 6.45) is 0. The van der Waals surface area contributed by atoms with Crippen LogP contribution in [0.2, 0.25) is 19.6 Å². The molecular weight excluding hydrogens is 681 g/mol. The lowest BCUT2D eigenvalue weighted by molar-refractivity contribution is 1.21. The number of nitrogens with zero attached hydrogens (tertiary/aromatic N) is 2. The third kappa shape index (κ3) is 5.85. The predicted octanol–water partition coefficient (Wildman–Crippen LogP) is 14.2. The van der Waals surface area contributed by atoms with Crippen molar-refractivity contribution in [2.45, 2.75) is 19.6 Å². The highest BCUT2D eigenvalue weighted by molar-refractivity contribution is 6.88. The lowest BCUT2D eigenvalue weighted by atomic mass is 9.85. The Morgan fingerprint density at radius 3 is 1.49 bits per heavy atom. The van der Waals surface area contributed by atoms with Crippen LogP contribution in [0, 0.1) is 0 Å². The first-order chi connectivity index (χ1) is 26.9. The molecule has 0 atom stereocenters. The Morgan fingerprint density at radius 1 is 0.382 bits per heavy atom. The first-order valence-electron chi connectivity index (χ1n) is 19.1. The minimum absolute atomic E-state index is 0.890. The van der Waals surface area contributed by atoms with Crippen LogP contribution in [0.3, 0.4) is 0 Å². The molecule has 2 nitrogen and oxygen atoms in total. The molecule has 0 unspecified atom stereocenters. The van der Waals surface area contributed by atoms with Crippen molar-refractivity contribution >= 4 is 84.4 Å². The van der Waals surface area contributed by atoms with Gasteiger partial charge in [0.05, 0.1) is 13.6 Å². The maximum atomic E-state index is 5.27. The Labute approximate surface area is 323 Å². The number of fused-ring (bicyclic) bond motifs is 5. The van der Waals surface area contributed by atoms with Gasteiger partial charge in [-0.15, -0.1) is 0 Å². The van der Waals surface area contributed by atoms with Crippen molar-refractivity contribution < 1.29 is 0 Å². The molecule has 0 amide bonds. The second kappa shape index (κ2) is 13.1.